The molecule has 0 aliphatic rings. The molecule has 0 fully saturated rings. The van der Waals surface area contributed by atoms with Crippen LogP contribution in [0.2, 0.25) is 0 Å². The van der Waals surface area contributed by atoms with Gasteiger partial charge in [-0.05, 0) is 29.5 Å². The van der Waals surface area contributed by atoms with Crippen molar-refractivity contribution in [2.45, 2.75) is 32.7 Å². The van der Waals surface area contributed by atoms with Crippen LogP contribution < -0.4 is 10.9 Å². The van der Waals surface area contributed by atoms with E-state index in [1.54, 1.807) is 0 Å². The Morgan fingerprint density at radius 1 is 1.24 bits per heavy atom. The van der Waals surface area contributed by atoms with Crippen molar-refractivity contribution in [3.8, 4) is 0 Å². The van der Waals surface area contributed by atoms with Gasteiger partial charge in [0.1, 0.15) is 5.69 Å². The molecule has 21 heavy (non-hydrogen) atoms. The third-order valence-corrected chi connectivity index (χ3v) is 3.53. The molecule has 2 N–H and O–H groups in total. The van der Waals surface area contributed by atoms with Gasteiger partial charge in [-0.3, -0.25) is 9.59 Å². The highest BCUT2D eigenvalue weighted by Crippen LogP contribution is 2.18. The highest BCUT2D eigenvalue weighted by Gasteiger charge is 2.07. The molecule has 0 aliphatic carbocycles. The van der Waals surface area contributed by atoms with Crippen LogP contribution in [0.4, 0.5) is 0 Å². The van der Waals surface area contributed by atoms with E-state index in [1.807, 2.05) is 12.1 Å². The molecule has 0 radical (unpaired) electrons. The molecule has 1 aromatic heterocycles. The molecule has 1 heterocycles. The molecule has 0 spiro atoms. The summed E-state index contributed by atoms with van der Waals surface area (Å²) in [4.78, 5) is 22.7. The number of aromatic nitrogens is 2. The second-order valence-electron chi connectivity index (χ2n) is 5.04. The van der Waals surface area contributed by atoms with Crippen molar-refractivity contribution >= 4 is 5.91 Å². The summed E-state index contributed by atoms with van der Waals surface area (Å²) < 4.78 is 0. The minimum absolute atomic E-state index is 0.200. The Hall–Kier alpha value is -2.43. The van der Waals surface area contributed by atoms with Crippen LogP contribution >= 0.6 is 0 Å². The summed E-state index contributed by atoms with van der Waals surface area (Å²) in [6, 6.07) is 10.9. The van der Waals surface area contributed by atoms with Gasteiger partial charge in [0.2, 0.25) is 0 Å². The first-order valence-corrected chi connectivity index (χ1v) is 7.03. The Kier molecular flexibility index (Phi) is 4.87. The zero-order valence-electron chi connectivity index (χ0n) is 12.2. The number of amides is 1. The number of nitrogens with zero attached hydrogens (tertiary/aromatic N) is 1. The van der Waals surface area contributed by atoms with E-state index in [-0.39, 0.29) is 17.2 Å². The topological polar surface area (TPSA) is 74.8 Å². The molecule has 0 bridgehead atoms. The fraction of sp³-hybridized carbons (Fsp3) is 0.312. The lowest BCUT2D eigenvalue weighted by Gasteiger charge is -2.10. The number of carbonyl (C=O) groups is 1. The Morgan fingerprint density at radius 2 is 1.95 bits per heavy atom. The van der Waals surface area contributed by atoms with Crippen molar-refractivity contribution < 1.29 is 4.79 Å². The van der Waals surface area contributed by atoms with Gasteiger partial charge >= 0.3 is 0 Å². The van der Waals surface area contributed by atoms with Gasteiger partial charge in [-0.2, -0.15) is 5.10 Å². The highest BCUT2D eigenvalue weighted by molar-refractivity contribution is 5.91. The van der Waals surface area contributed by atoms with Gasteiger partial charge in [-0.25, -0.2) is 5.10 Å². The third-order valence-electron chi connectivity index (χ3n) is 3.53. The number of hydrogen-bond acceptors (Lipinski definition) is 3. The van der Waals surface area contributed by atoms with Gasteiger partial charge in [-0.1, -0.05) is 38.1 Å². The molecule has 1 atom stereocenters. The smallest absolute Gasteiger partial charge is 0.271 e. The first-order valence-electron chi connectivity index (χ1n) is 7.03. The number of hydrogen-bond donors (Lipinski definition) is 2. The average Bonchev–Trinajstić information content (AvgIpc) is 2.53. The lowest BCUT2D eigenvalue weighted by atomic mass is 9.98. The maximum absolute atomic E-state index is 11.9. The van der Waals surface area contributed by atoms with E-state index in [9.17, 15) is 9.59 Å². The summed E-state index contributed by atoms with van der Waals surface area (Å²) in [5.74, 6) is 0.233. The number of rotatable bonds is 5. The van der Waals surface area contributed by atoms with E-state index in [2.05, 4.69) is 41.5 Å². The standard InChI is InChI=1S/C16H19N3O2/c1-3-11(2)13-6-4-12(5-7-13)10-17-16(21)14-8-9-15(20)19-18-14/h4-9,11H,3,10H2,1-2H3,(H,17,21)(H,19,20). The lowest BCUT2D eigenvalue weighted by molar-refractivity contribution is 0.0945. The summed E-state index contributed by atoms with van der Waals surface area (Å²) >= 11 is 0. The first kappa shape index (κ1) is 15.0. The van der Waals surface area contributed by atoms with Crippen LogP contribution in [0.5, 0.6) is 0 Å². The van der Waals surface area contributed by atoms with Gasteiger partial charge < -0.3 is 5.32 Å². The fourth-order valence-corrected chi connectivity index (χ4v) is 1.94. The number of carbonyl (C=O) groups excluding carboxylic acids is 1. The molecular weight excluding hydrogens is 266 g/mol. The molecule has 2 rings (SSSR count). The first-order chi connectivity index (χ1) is 10.1. The van der Waals surface area contributed by atoms with Crippen molar-refractivity contribution in [2.24, 2.45) is 0 Å². The maximum Gasteiger partial charge on any atom is 0.271 e. The molecule has 1 unspecified atom stereocenters. The quantitative estimate of drug-likeness (QED) is 0.884. The third kappa shape index (κ3) is 4.02. The molecule has 2 aromatic rings. The van der Waals surface area contributed by atoms with Crippen molar-refractivity contribution in [2.75, 3.05) is 0 Å². The minimum atomic E-state index is -0.327. The summed E-state index contributed by atoms with van der Waals surface area (Å²) in [5, 5.41) is 8.70. The Morgan fingerprint density at radius 3 is 2.52 bits per heavy atom. The number of aromatic amines is 1. The maximum atomic E-state index is 11.9. The van der Waals surface area contributed by atoms with E-state index in [4.69, 9.17) is 0 Å². The second-order valence-corrected chi connectivity index (χ2v) is 5.04. The molecular formula is C16H19N3O2. The van der Waals surface area contributed by atoms with Crippen molar-refractivity contribution in [1.29, 1.82) is 0 Å². The van der Waals surface area contributed by atoms with Crippen LogP contribution in [0.3, 0.4) is 0 Å². The van der Waals surface area contributed by atoms with Gasteiger partial charge in [-0.15, -0.1) is 0 Å². The molecule has 5 nitrogen and oxygen atoms in total. The van der Waals surface area contributed by atoms with Gasteiger partial charge in [0.25, 0.3) is 11.5 Å². The van der Waals surface area contributed by atoms with Crippen molar-refractivity contribution in [3.05, 3.63) is 63.6 Å². The zero-order valence-corrected chi connectivity index (χ0v) is 12.2. The summed E-state index contributed by atoms with van der Waals surface area (Å²) in [6.45, 7) is 4.79. The summed E-state index contributed by atoms with van der Waals surface area (Å²) in [7, 11) is 0. The second kappa shape index (κ2) is 6.83. The van der Waals surface area contributed by atoms with Gasteiger partial charge in [0, 0.05) is 12.6 Å². The van der Waals surface area contributed by atoms with Crippen LogP contribution in [-0.2, 0) is 6.54 Å². The molecule has 0 aliphatic heterocycles. The molecule has 5 heteroatoms. The number of nitrogens with one attached hydrogen (secondary N) is 2. The Balaban J connectivity index is 1.95. The lowest BCUT2D eigenvalue weighted by Crippen LogP contribution is -2.25. The largest absolute Gasteiger partial charge is 0.347 e. The van der Waals surface area contributed by atoms with Crippen LogP contribution in [-0.4, -0.2) is 16.1 Å². The van der Waals surface area contributed by atoms with E-state index in [1.165, 1.54) is 17.7 Å². The van der Waals surface area contributed by atoms with E-state index in [0.29, 0.717) is 12.5 Å². The minimum Gasteiger partial charge on any atom is -0.347 e. The van der Waals surface area contributed by atoms with Gasteiger partial charge in [0.15, 0.2) is 0 Å². The van der Waals surface area contributed by atoms with Crippen LogP contribution in [0.1, 0.15) is 47.8 Å². The van der Waals surface area contributed by atoms with E-state index in [0.717, 1.165) is 12.0 Å². The van der Waals surface area contributed by atoms with Gasteiger partial charge in [0.05, 0.1) is 0 Å². The SMILES string of the molecule is CCC(C)c1ccc(CNC(=O)c2ccc(=O)[nH]n2)cc1. The monoisotopic (exact) mass is 285 g/mol. The Bertz CT molecular complexity index is 641. The van der Waals surface area contributed by atoms with E-state index >= 15 is 0 Å². The van der Waals surface area contributed by atoms with Crippen LogP contribution in [0.25, 0.3) is 0 Å². The fourth-order valence-electron chi connectivity index (χ4n) is 1.94. The normalized spacial score (nSPS) is 11.9. The molecule has 1 aromatic carbocycles. The van der Waals surface area contributed by atoms with Crippen LogP contribution in [0.15, 0.2) is 41.2 Å². The molecule has 1 amide bonds. The zero-order chi connectivity index (χ0) is 15.2. The number of H-pyrrole nitrogens is 1. The predicted octanol–water partition coefficient (Wildman–Crippen LogP) is 2.21. The predicted molar refractivity (Wildman–Crippen MR) is 81.2 cm³/mol. The molecule has 110 valence electrons. The number of benzene rings is 1. The van der Waals surface area contributed by atoms with E-state index < -0.39 is 0 Å². The Labute approximate surface area is 123 Å². The summed E-state index contributed by atoms with van der Waals surface area (Å²) in [6.07, 6.45) is 1.11. The average molecular weight is 285 g/mol. The molecule has 0 saturated carbocycles. The molecule has 0 saturated heterocycles. The van der Waals surface area contributed by atoms with Crippen molar-refractivity contribution in [1.82, 2.24) is 15.5 Å². The highest BCUT2D eigenvalue weighted by atomic mass is 16.2. The summed E-state index contributed by atoms with van der Waals surface area (Å²) in [5.41, 5.74) is 2.20. The van der Waals surface area contributed by atoms with Crippen molar-refractivity contribution in [3.63, 3.8) is 0 Å². The van der Waals surface area contributed by atoms with Crippen LogP contribution in [0, 0.1) is 0 Å².